The molecule has 0 bridgehead atoms. The smallest absolute Gasteiger partial charge is 0.338 e. The molecule has 0 saturated carbocycles. The summed E-state index contributed by atoms with van der Waals surface area (Å²) in [4.78, 5) is 12.7. The van der Waals surface area contributed by atoms with Gasteiger partial charge in [-0.3, -0.25) is 0 Å². The Morgan fingerprint density at radius 2 is 1.64 bits per heavy atom. The van der Waals surface area contributed by atoms with Crippen LogP contribution in [0.5, 0.6) is 5.75 Å². The molecule has 3 heteroatoms. The van der Waals surface area contributed by atoms with Crippen molar-refractivity contribution in [2.24, 2.45) is 0 Å². The minimum atomic E-state index is -0.375. The number of carbonyl (C=O) groups is 1. The minimum Gasteiger partial charge on any atom is -0.493 e. The summed E-state index contributed by atoms with van der Waals surface area (Å²) >= 11 is 0. The molecule has 0 N–H and O–H groups in total. The van der Waals surface area contributed by atoms with E-state index in [1.165, 1.54) is 42.4 Å². The Kier molecular flexibility index (Phi) is 9.08. The average molecular weight is 491 g/mol. The highest BCUT2D eigenvalue weighted by molar-refractivity contribution is 6.17. The van der Waals surface area contributed by atoms with Crippen LogP contribution in [-0.2, 0) is 20.4 Å². The van der Waals surface area contributed by atoms with Crippen LogP contribution < -0.4 is 4.74 Å². The Balaban J connectivity index is 2.19. The number of fused-ring (bicyclic) bond motifs is 1. The average Bonchev–Trinajstić information content (AvgIpc) is 2.83. The standard InChI is InChI=1S/C33H46O3/c1-9-11-12-13-16-21-36-30-28(26-18-15-14-17-25(26)24(4)31(34)35-10-2)23(3)22-27-29(30)33(7,8)20-19-32(27,5)6/h14-15,17-18,22H,4,9-13,16,19-21H2,1-3,5-8H3. The van der Waals surface area contributed by atoms with Crippen molar-refractivity contribution >= 4 is 11.5 Å². The Morgan fingerprint density at radius 1 is 0.972 bits per heavy atom. The molecule has 1 aliphatic rings. The van der Waals surface area contributed by atoms with Gasteiger partial charge in [0, 0.05) is 11.1 Å². The molecular formula is C33H46O3. The fraction of sp³-hybridized carbons (Fsp3) is 0.545. The van der Waals surface area contributed by atoms with Gasteiger partial charge in [0.1, 0.15) is 5.75 Å². The third-order valence-electron chi connectivity index (χ3n) is 7.80. The van der Waals surface area contributed by atoms with Crippen LogP contribution in [0.15, 0.2) is 36.9 Å². The summed E-state index contributed by atoms with van der Waals surface area (Å²) in [6.45, 7) is 20.8. The second-order valence-electron chi connectivity index (χ2n) is 11.6. The molecule has 196 valence electrons. The Hall–Kier alpha value is -2.55. The maximum atomic E-state index is 12.7. The second-order valence-corrected chi connectivity index (χ2v) is 11.6. The van der Waals surface area contributed by atoms with Crippen LogP contribution in [0.3, 0.4) is 0 Å². The highest BCUT2D eigenvalue weighted by Crippen LogP contribution is 2.53. The first-order valence-electron chi connectivity index (χ1n) is 13.8. The van der Waals surface area contributed by atoms with E-state index in [0.717, 1.165) is 41.7 Å². The van der Waals surface area contributed by atoms with Crippen molar-refractivity contribution < 1.29 is 14.3 Å². The number of benzene rings is 2. The molecule has 3 rings (SSSR count). The van der Waals surface area contributed by atoms with Crippen molar-refractivity contribution in [3.63, 3.8) is 0 Å². The van der Waals surface area contributed by atoms with Gasteiger partial charge in [-0.1, -0.05) is 97.2 Å². The summed E-state index contributed by atoms with van der Waals surface area (Å²) in [6, 6.07) is 10.4. The molecule has 36 heavy (non-hydrogen) atoms. The summed E-state index contributed by atoms with van der Waals surface area (Å²) < 4.78 is 12.1. The Morgan fingerprint density at radius 3 is 2.33 bits per heavy atom. The first kappa shape index (κ1) is 28.0. The normalized spacial score (nSPS) is 15.8. The van der Waals surface area contributed by atoms with Gasteiger partial charge in [-0.25, -0.2) is 4.79 Å². The Labute approximate surface area is 219 Å². The van der Waals surface area contributed by atoms with E-state index < -0.39 is 0 Å². The molecule has 0 radical (unpaired) electrons. The predicted molar refractivity (Wildman–Crippen MR) is 152 cm³/mol. The lowest BCUT2D eigenvalue weighted by Gasteiger charge is -2.43. The number of ether oxygens (including phenoxy) is 2. The highest BCUT2D eigenvalue weighted by Gasteiger charge is 2.41. The van der Waals surface area contributed by atoms with Crippen molar-refractivity contribution in [3.05, 3.63) is 59.2 Å². The van der Waals surface area contributed by atoms with E-state index in [4.69, 9.17) is 9.47 Å². The monoisotopic (exact) mass is 490 g/mol. The highest BCUT2D eigenvalue weighted by atomic mass is 16.5. The molecule has 0 unspecified atom stereocenters. The van der Waals surface area contributed by atoms with E-state index in [-0.39, 0.29) is 16.8 Å². The number of carbonyl (C=O) groups excluding carboxylic acids is 1. The van der Waals surface area contributed by atoms with Crippen molar-refractivity contribution in [2.45, 2.75) is 104 Å². The zero-order chi connectivity index (χ0) is 26.5. The summed E-state index contributed by atoms with van der Waals surface area (Å²) in [5.74, 6) is 0.614. The third-order valence-corrected chi connectivity index (χ3v) is 7.80. The fourth-order valence-electron chi connectivity index (χ4n) is 5.53. The predicted octanol–water partition coefficient (Wildman–Crippen LogP) is 8.94. The number of aryl methyl sites for hydroxylation is 1. The van der Waals surface area contributed by atoms with Gasteiger partial charge < -0.3 is 9.47 Å². The number of rotatable bonds is 11. The summed E-state index contributed by atoms with van der Waals surface area (Å²) in [7, 11) is 0. The maximum absolute atomic E-state index is 12.7. The van der Waals surface area contributed by atoms with E-state index >= 15 is 0 Å². The molecule has 0 amide bonds. The van der Waals surface area contributed by atoms with Crippen LogP contribution in [0, 0.1) is 6.92 Å². The molecular weight excluding hydrogens is 444 g/mol. The third kappa shape index (κ3) is 5.88. The summed E-state index contributed by atoms with van der Waals surface area (Å²) in [5.41, 5.74) is 7.22. The van der Waals surface area contributed by atoms with Gasteiger partial charge in [-0.2, -0.15) is 0 Å². The van der Waals surface area contributed by atoms with Gasteiger partial charge in [-0.15, -0.1) is 0 Å². The van der Waals surface area contributed by atoms with Gasteiger partial charge in [-0.05, 0) is 66.2 Å². The van der Waals surface area contributed by atoms with Gasteiger partial charge in [0.15, 0.2) is 0 Å². The first-order chi connectivity index (χ1) is 17.0. The van der Waals surface area contributed by atoms with E-state index in [1.807, 2.05) is 25.1 Å². The number of hydrogen-bond donors (Lipinski definition) is 0. The summed E-state index contributed by atoms with van der Waals surface area (Å²) in [5, 5.41) is 0. The second kappa shape index (κ2) is 11.7. The van der Waals surface area contributed by atoms with Crippen LogP contribution >= 0.6 is 0 Å². The van der Waals surface area contributed by atoms with Crippen molar-refractivity contribution in [1.82, 2.24) is 0 Å². The molecule has 0 spiro atoms. The quantitative estimate of drug-likeness (QED) is 0.179. The maximum Gasteiger partial charge on any atom is 0.338 e. The molecule has 3 nitrogen and oxygen atoms in total. The van der Waals surface area contributed by atoms with Gasteiger partial charge in [0.2, 0.25) is 0 Å². The molecule has 0 saturated heterocycles. The van der Waals surface area contributed by atoms with Gasteiger partial charge in [0.05, 0.1) is 18.8 Å². The van der Waals surface area contributed by atoms with E-state index in [2.05, 4.69) is 60.3 Å². The molecule has 0 heterocycles. The van der Waals surface area contributed by atoms with Crippen LogP contribution in [0.25, 0.3) is 16.7 Å². The zero-order valence-electron chi connectivity index (χ0n) is 23.7. The first-order valence-corrected chi connectivity index (χ1v) is 13.8. The van der Waals surface area contributed by atoms with Crippen LogP contribution in [0.1, 0.15) is 109 Å². The van der Waals surface area contributed by atoms with Crippen molar-refractivity contribution in [1.29, 1.82) is 0 Å². The van der Waals surface area contributed by atoms with E-state index in [1.54, 1.807) is 0 Å². The fourth-order valence-corrected chi connectivity index (χ4v) is 5.53. The Bertz CT molecular complexity index is 1090. The number of esters is 1. The lowest BCUT2D eigenvalue weighted by atomic mass is 9.62. The van der Waals surface area contributed by atoms with Crippen LogP contribution in [0.4, 0.5) is 0 Å². The van der Waals surface area contributed by atoms with E-state index in [9.17, 15) is 4.79 Å². The number of unbranched alkanes of at least 4 members (excludes halogenated alkanes) is 4. The minimum absolute atomic E-state index is 0.00204. The molecule has 0 fully saturated rings. The van der Waals surface area contributed by atoms with Crippen molar-refractivity contribution in [3.8, 4) is 16.9 Å². The van der Waals surface area contributed by atoms with Gasteiger partial charge in [0.25, 0.3) is 0 Å². The summed E-state index contributed by atoms with van der Waals surface area (Å²) in [6.07, 6.45) is 8.25. The van der Waals surface area contributed by atoms with Crippen LogP contribution in [0.2, 0.25) is 0 Å². The molecule has 0 aliphatic heterocycles. The molecule has 2 aromatic rings. The molecule has 2 aromatic carbocycles. The lowest BCUT2D eigenvalue weighted by Crippen LogP contribution is -2.34. The molecule has 1 aliphatic carbocycles. The SMILES string of the molecule is C=C(C(=O)OCC)c1ccccc1-c1c(C)cc2c(c1OCCCCCCC)C(C)(C)CCC2(C)C. The zero-order valence-corrected chi connectivity index (χ0v) is 23.7. The number of hydrogen-bond acceptors (Lipinski definition) is 3. The van der Waals surface area contributed by atoms with Gasteiger partial charge >= 0.3 is 5.97 Å². The molecule has 0 atom stereocenters. The van der Waals surface area contributed by atoms with Crippen molar-refractivity contribution in [2.75, 3.05) is 13.2 Å². The topological polar surface area (TPSA) is 35.5 Å². The van der Waals surface area contributed by atoms with Crippen LogP contribution in [-0.4, -0.2) is 19.2 Å². The lowest BCUT2D eigenvalue weighted by molar-refractivity contribution is -0.136. The largest absolute Gasteiger partial charge is 0.493 e. The molecule has 0 aromatic heterocycles. The van der Waals surface area contributed by atoms with E-state index in [0.29, 0.717) is 18.8 Å².